The summed E-state index contributed by atoms with van der Waals surface area (Å²) in [7, 11) is -3.98. The van der Waals surface area contributed by atoms with Gasteiger partial charge in [0.15, 0.2) is 5.69 Å². The van der Waals surface area contributed by atoms with Crippen LogP contribution in [0.15, 0.2) is 4.90 Å². The Kier molecular flexibility index (Phi) is 4.12. The summed E-state index contributed by atoms with van der Waals surface area (Å²) >= 11 is 0. The number of nitrogens with two attached hydrogens (primary N) is 1. The first-order chi connectivity index (χ1) is 9.60. The lowest BCUT2D eigenvalue weighted by molar-refractivity contribution is 0.0894. The molecule has 1 unspecified atom stereocenters. The average Bonchev–Trinajstić information content (AvgIpc) is 2.69. The molecule has 118 valence electrons. The Morgan fingerprint density at radius 2 is 2.14 bits per heavy atom. The minimum Gasteiger partial charge on any atom is -0.348 e. The predicted molar refractivity (Wildman–Crippen MR) is 78.2 cm³/mol. The lowest BCUT2D eigenvalue weighted by atomic mass is 9.75. The number of carbonyl (C=O) groups excluding carboxylic acids is 1. The Bertz CT molecular complexity index is 648. The van der Waals surface area contributed by atoms with E-state index in [9.17, 15) is 13.2 Å². The number of aromatic amines is 1. The van der Waals surface area contributed by atoms with Crippen LogP contribution in [0, 0.1) is 12.3 Å². The van der Waals surface area contributed by atoms with Crippen LogP contribution in [0.3, 0.4) is 0 Å². The summed E-state index contributed by atoms with van der Waals surface area (Å²) in [6.07, 6.45) is 3.93. The van der Waals surface area contributed by atoms with E-state index in [1.54, 1.807) is 0 Å². The molecular formula is C13H22N4O3S. The minimum absolute atomic E-state index is 0.0339. The van der Waals surface area contributed by atoms with Gasteiger partial charge in [0.25, 0.3) is 5.91 Å². The Hall–Kier alpha value is -1.41. The number of sulfonamides is 1. The topological polar surface area (TPSA) is 118 Å². The molecular weight excluding hydrogens is 292 g/mol. The highest BCUT2D eigenvalue weighted by atomic mass is 32.2. The first kappa shape index (κ1) is 16.0. The van der Waals surface area contributed by atoms with Gasteiger partial charge < -0.3 is 5.32 Å². The summed E-state index contributed by atoms with van der Waals surface area (Å²) in [5.74, 6) is -0.494. The molecule has 1 atom stereocenters. The number of aromatic nitrogens is 2. The number of hydrogen-bond donors (Lipinski definition) is 3. The second kappa shape index (κ2) is 5.42. The van der Waals surface area contributed by atoms with Gasteiger partial charge in [-0.05, 0) is 31.6 Å². The van der Waals surface area contributed by atoms with Crippen molar-refractivity contribution in [2.75, 3.05) is 0 Å². The smallest absolute Gasteiger partial charge is 0.273 e. The molecule has 0 bridgehead atoms. The zero-order valence-corrected chi connectivity index (χ0v) is 13.4. The Morgan fingerprint density at radius 1 is 1.48 bits per heavy atom. The molecule has 4 N–H and O–H groups in total. The largest absolute Gasteiger partial charge is 0.348 e. The number of primary sulfonamides is 1. The molecule has 1 aromatic rings. The molecule has 2 rings (SSSR count). The molecule has 21 heavy (non-hydrogen) atoms. The maximum Gasteiger partial charge on any atom is 0.273 e. The summed E-state index contributed by atoms with van der Waals surface area (Å²) < 4.78 is 23.1. The molecule has 1 saturated carbocycles. The molecule has 1 aromatic heterocycles. The molecule has 1 aliphatic carbocycles. The summed E-state index contributed by atoms with van der Waals surface area (Å²) in [5, 5.41) is 14.3. The number of H-pyrrole nitrogens is 1. The lowest BCUT2D eigenvalue weighted by Gasteiger charge is -2.35. The van der Waals surface area contributed by atoms with E-state index in [1.165, 1.54) is 6.92 Å². The molecule has 1 heterocycles. The Balaban J connectivity index is 2.19. The van der Waals surface area contributed by atoms with Gasteiger partial charge >= 0.3 is 0 Å². The molecule has 7 nitrogen and oxygen atoms in total. The zero-order valence-electron chi connectivity index (χ0n) is 12.6. The van der Waals surface area contributed by atoms with Gasteiger partial charge in [-0.25, -0.2) is 13.6 Å². The van der Waals surface area contributed by atoms with Crippen LogP contribution in [0.5, 0.6) is 0 Å². The molecule has 8 heteroatoms. The molecule has 0 aliphatic heterocycles. The van der Waals surface area contributed by atoms with Crippen molar-refractivity contribution in [1.82, 2.24) is 15.5 Å². The van der Waals surface area contributed by atoms with E-state index in [4.69, 9.17) is 5.14 Å². The van der Waals surface area contributed by atoms with Crippen LogP contribution in [0.4, 0.5) is 0 Å². The van der Waals surface area contributed by atoms with Crippen molar-refractivity contribution < 1.29 is 13.2 Å². The van der Waals surface area contributed by atoms with Gasteiger partial charge in [0.05, 0.1) is 5.69 Å². The van der Waals surface area contributed by atoms with Gasteiger partial charge in [-0.15, -0.1) is 0 Å². The van der Waals surface area contributed by atoms with Gasteiger partial charge in [-0.1, -0.05) is 20.3 Å². The minimum atomic E-state index is -3.98. The van der Waals surface area contributed by atoms with Crippen LogP contribution >= 0.6 is 0 Å². The van der Waals surface area contributed by atoms with Gasteiger partial charge in [0.1, 0.15) is 4.90 Å². The standard InChI is InChI=1S/C13H22N4O3S/c1-8-11(21(14,19)20)10(17-16-8)12(18)15-9-5-4-6-13(2,3)7-9/h9H,4-7H2,1-3H3,(H,15,18)(H,16,17)(H2,14,19,20). The number of nitrogens with one attached hydrogen (secondary N) is 2. The predicted octanol–water partition coefficient (Wildman–Crippen LogP) is 1.06. The Morgan fingerprint density at radius 3 is 2.71 bits per heavy atom. The van der Waals surface area contributed by atoms with Crippen molar-refractivity contribution in [3.05, 3.63) is 11.4 Å². The van der Waals surface area contributed by atoms with E-state index in [0.717, 1.165) is 25.7 Å². The fraction of sp³-hybridized carbons (Fsp3) is 0.692. The third kappa shape index (κ3) is 3.62. The molecule has 0 radical (unpaired) electrons. The highest BCUT2D eigenvalue weighted by Crippen LogP contribution is 2.35. The average molecular weight is 314 g/mol. The molecule has 1 amide bonds. The summed E-state index contributed by atoms with van der Waals surface area (Å²) in [6, 6.07) is 0.0339. The maximum absolute atomic E-state index is 12.3. The van der Waals surface area contributed by atoms with Crippen molar-refractivity contribution in [3.8, 4) is 0 Å². The third-order valence-electron chi connectivity index (χ3n) is 3.93. The lowest BCUT2D eigenvalue weighted by Crippen LogP contribution is -2.41. The number of hydrogen-bond acceptors (Lipinski definition) is 4. The van der Waals surface area contributed by atoms with Crippen LogP contribution in [0.1, 0.15) is 55.7 Å². The number of nitrogens with zero attached hydrogens (tertiary/aromatic N) is 1. The van der Waals surface area contributed by atoms with Gasteiger partial charge in [0, 0.05) is 6.04 Å². The molecule has 0 spiro atoms. The molecule has 0 aromatic carbocycles. The van der Waals surface area contributed by atoms with Crippen LogP contribution in [-0.2, 0) is 10.0 Å². The SMILES string of the molecule is Cc1[nH]nc(C(=O)NC2CCCC(C)(C)C2)c1S(N)(=O)=O. The highest BCUT2D eigenvalue weighted by Gasteiger charge is 2.31. The van der Waals surface area contributed by atoms with Crippen LogP contribution in [0.25, 0.3) is 0 Å². The van der Waals surface area contributed by atoms with Gasteiger partial charge in [-0.3, -0.25) is 9.89 Å². The van der Waals surface area contributed by atoms with E-state index in [0.29, 0.717) is 0 Å². The second-order valence-electron chi connectivity index (χ2n) is 6.50. The van der Waals surface area contributed by atoms with Gasteiger partial charge in [0.2, 0.25) is 10.0 Å². The maximum atomic E-state index is 12.3. The van der Waals surface area contributed by atoms with Crippen LogP contribution < -0.4 is 10.5 Å². The summed E-state index contributed by atoms with van der Waals surface area (Å²) in [4.78, 5) is 12.1. The molecule has 1 fully saturated rings. The quantitative estimate of drug-likeness (QED) is 0.773. The first-order valence-electron chi connectivity index (χ1n) is 6.99. The van der Waals surface area contributed by atoms with E-state index in [-0.39, 0.29) is 27.7 Å². The first-order valence-corrected chi connectivity index (χ1v) is 8.53. The number of rotatable bonds is 3. The Labute approximate surface area is 124 Å². The van der Waals surface area contributed by atoms with E-state index in [1.807, 2.05) is 0 Å². The van der Waals surface area contributed by atoms with Crippen molar-refractivity contribution in [2.45, 2.75) is 57.4 Å². The number of amides is 1. The van der Waals surface area contributed by atoms with Crippen molar-refractivity contribution in [3.63, 3.8) is 0 Å². The second-order valence-corrected chi connectivity index (χ2v) is 8.00. The highest BCUT2D eigenvalue weighted by molar-refractivity contribution is 7.89. The summed E-state index contributed by atoms with van der Waals surface area (Å²) in [6.45, 7) is 5.85. The number of carbonyl (C=O) groups is 1. The van der Waals surface area contributed by atoms with E-state index < -0.39 is 15.9 Å². The third-order valence-corrected chi connectivity index (χ3v) is 5.00. The van der Waals surface area contributed by atoms with E-state index in [2.05, 4.69) is 29.4 Å². The molecule has 1 aliphatic rings. The molecule has 0 saturated heterocycles. The summed E-state index contributed by atoms with van der Waals surface area (Å²) in [5.41, 5.74) is 0.297. The van der Waals surface area contributed by atoms with Crippen molar-refractivity contribution in [1.29, 1.82) is 0 Å². The van der Waals surface area contributed by atoms with Crippen molar-refractivity contribution >= 4 is 15.9 Å². The van der Waals surface area contributed by atoms with Gasteiger partial charge in [-0.2, -0.15) is 5.10 Å². The fourth-order valence-corrected chi connectivity index (χ4v) is 3.88. The number of aryl methyl sites for hydroxylation is 1. The fourth-order valence-electron chi connectivity index (χ4n) is 3.00. The van der Waals surface area contributed by atoms with E-state index >= 15 is 0 Å². The zero-order chi connectivity index (χ0) is 15.8. The van der Waals surface area contributed by atoms with Crippen molar-refractivity contribution in [2.24, 2.45) is 10.6 Å². The monoisotopic (exact) mass is 314 g/mol. The van der Waals surface area contributed by atoms with Crippen LogP contribution in [-0.4, -0.2) is 30.6 Å². The normalized spacial score (nSPS) is 22.0. The van der Waals surface area contributed by atoms with Crippen LogP contribution in [0.2, 0.25) is 0 Å².